The Morgan fingerprint density at radius 2 is 1.67 bits per heavy atom. The van der Waals surface area contributed by atoms with Crippen LogP contribution < -0.4 is 5.32 Å². The third-order valence-electron chi connectivity index (χ3n) is 3.58. The van der Waals surface area contributed by atoms with E-state index in [0.717, 1.165) is 5.56 Å². The van der Waals surface area contributed by atoms with Gasteiger partial charge in [0.25, 0.3) is 0 Å². The molecule has 0 bridgehead atoms. The molecule has 21 heavy (non-hydrogen) atoms. The fraction of sp³-hybridized carbons (Fsp3) is 0.500. The molecule has 0 spiro atoms. The van der Waals surface area contributed by atoms with Gasteiger partial charge in [0, 0.05) is 12.0 Å². The molecule has 0 saturated heterocycles. The van der Waals surface area contributed by atoms with Crippen molar-refractivity contribution in [3.05, 3.63) is 35.9 Å². The largest absolute Gasteiger partial charge is 0.466 e. The summed E-state index contributed by atoms with van der Waals surface area (Å²) < 4.78 is 10.1. The first kappa shape index (κ1) is 17.0. The lowest BCUT2D eigenvalue weighted by Crippen LogP contribution is -2.53. The fourth-order valence-electron chi connectivity index (χ4n) is 1.69. The third-order valence-corrected chi connectivity index (χ3v) is 3.58. The van der Waals surface area contributed by atoms with Gasteiger partial charge in [0.1, 0.15) is 0 Å². The van der Waals surface area contributed by atoms with Gasteiger partial charge in [-0.1, -0.05) is 51.1 Å². The van der Waals surface area contributed by atoms with Crippen molar-refractivity contribution in [2.24, 2.45) is 5.41 Å². The fourth-order valence-corrected chi connectivity index (χ4v) is 1.69. The summed E-state index contributed by atoms with van der Waals surface area (Å²) in [4.78, 5) is 23.9. The van der Waals surface area contributed by atoms with Gasteiger partial charge in [-0.3, -0.25) is 0 Å². The van der Waals surface area contributed by atoms with Gasteiger partial charge in [0.05, 0.1) is 7.11 Å². The highest BCUT2D eigenvalue weighted by molar-refractivity contribution is 5.83. The van der Waals surface area contributed by atoms with Gasteiger partial charge in [0.15, 0.2) is 0 Å². The van der Waals surface area contributed by atoms with Crippen molar-refractivity contribution in [2.45, 2.75) is 39.8 Å². The van der Waals surface area contributed by atoms with E-state index >= 15 is 0 Å². The van der Waals surface area contributed by atoms with Crippen LogP contribution in [0.3, 0.4) is 0 Å². The van der Waals surface area contributed by atoms with Gasteiger partial charge in [-0.05, 0) is 12.5 Å². The lowest BCUT2D eigenvalue weighted by Gasteiger charge is -2.38. The van der Waals surface area contributed by atoms with E-state index in [1.165, 1.54) is 7.11 Å². The summed E-state index contributed by atoms with van der Waals surface area (Å²) in [5.74, 6) is -0.579. The number of rotatable bonds is 4. The minimum atomic E-state index is -1.36. The van der Waals surface area contributed by atoms with Gasteiger partial charge in [-0.15, -0.1) is 0 Å². The van der Waals surface area contributed by atoms with Crippen LogP contribution in [0.5, 0.6) is 0 Å². The van der Waals surface area contributed by atoms with E-state index in [1.807, 2.05) is 51.1 Å². The van der Waals surface area contributed by atoms with Gasteiger partial charge in [0.2, 0.25) is 5.60 Å². The molecule has 0 heterocycles. The van der Waals surface area contributed by atoms with Crippen molar-refractivity contribution in [2.75, 3.05) is 7.11 Å². The number of esters is 1. The van der Waals surface area contributed by atoms with Gasteiger partial charge in [-0.2, -0.15) is 0 Å². The van der Waals surface area contributed by atoms with E-state index < -0.39 is 23.1 Å². The minimum Gasteiger partial charge on any atom is -0.466 e. The zero-order valence-electron chi connectivity index (χ0n) is 13.2. The first-order chi connectivity index (χ1) is 9.70. The molecule has 5 nitrogen and oxygen atoms in total. The Morgan fingerprint density at radius 1 is 1.10 bits per heavy atom. The van der Waals surface area contributed by atoms with Crippen LogP contribution in [0.25, 0.3) is 0 Å². The Kier molecular flexibility index (Phi) is 5.35. The first-order valence-corrected chi connectivity index (χ1v) is 6.80. The number of amides is 1. The normalized spacial score (nSPS) is 14.0. The maximum Gasteiger partial charge on any atom is 0.408 e. The summed E-state index contributed by atoms with van der Waals surface area (Å²) in [6.45, 7) is 7.33. The monoisotopic (exact) mass is 293 g/mol. The molecule has 0 saturated carbocycles. The van der Waals surface area contributed by atoms with E-state index in [2.05, 4.69) is 5.32 Å². The molecule has 0 radical (unpaired) electrons. The van der Waals surface area contributed by atoms with Crippen LogP contribution in [0.2, 0.25) is 0 Å². The second kappa shape index (κ2) is 6.61. The molecule has 0 fully saturated rings. The quantitative estimate of drug-likeness (QED) is 0.867. The molecule has 1 atom stereocenters. The number of nitrogens with one attached hydrogen (secondary N) is 1. The Hall–Kier alpha value is -2.04. The van der Waals surface area contributed by atoms with Gasteiger partial charge < -0.3 is 14.8 Å². The van der Waals surface area contributed by atoms with E-state index in [-0.39, 0.29) is 0 Å². The zero-order chi connectivity index (χ0) is 16.1. The summed E-state index contributed by atoms with van der Waals surface area (Å²) in [7, 11) is 1.28. The molecule has 0 aliphatic rings. The summed E-state index contributed by atoms with van der Waals surface area (Å²) in [6.07, 6.45) is -0.651. The lowest BCUT2D eigenvalue weighted by molar-refractivity contribution is -0.172. The van der Waals surface area contributed by atoms with Crippen molar-refractivity contribution in [1.82, 2.24) is 5.32 Å². The molecule has 1 aromatic carbocycles. The molecule has 1 aromatic rings. The highest BCUT2D eigenvalue weighted by Gasteiger charge is 2.49. The number of alkyl carbamates (subject to hydrolysis) is 1. The zero-order valence-corrected chi connectivity index (χ0v) is 13.2. The van der Waals surface area contributed by atoms with Gasteiger partial charge in [-0.25, -0.2) is 9.59 Å². The molecular formula is C16H23NO4. The van der Waals surface area contributed by atoms with E-state index in [4.69, 9.17) is 9.47 Å². The number of hydrogen-bond donors (Lipinski definition) is 1. The molecule has 1 rings (SSSR count). The van der Waals surface area contributed by atoms with E-state index in [1.54, 1.807) is 6.92 Å². The van der Waals surface area contributed by atoms with E-state index in [9.17, 15) is 9.59 Å². The first-order valence-electron chi connectivity index (χ1n) is 6.80. The van der Waals surface area contributed by atoms with Crippen molar-refractivity contribution in [3.63, 3.8) is 0 Å². The Labute approximate surface area is 125 Å². The van der Waals surface area contributed by atoms with Gasteiger partial charge >= 0.3 is 12.1 Å². The summed E-state index contributed by atoms with van der Waals surface area (Å²) in [5.41, 5.74) is -1.00. The summed E-state index contributed by atoms with van der Waals surface area (Å²) in [6, 6.07) is 9.45. The maximum absolute atomic E-state index is 12.0. The smallest absolute Gasteiger partial charge is 0.408 e. The molecule has 1 N–H and O–H groups in total. The highest BCUT2D eigenvalue weighted by Crippen LogP contribution is 2.34. The third kappa shape index (κ3) is 4.21. The molecule has 0 aliphatic carbocycles. The Morgan fingerprint density at radius 3 is 2.14 bits per heavy atom. The number of hydrogen-bond acceptors (Lipinski definition) is 4. The number of ether oxygens (including phenoxy) is 2. The van der Waals surface area contributed by atoms with E-state index in [0.29, 0.717) is 6.54 Å². The van der Waals surface area contributed by atoms with Crippen molar-refractivity contribution in [1.29, 1.82) is 0 Å². The topological polar surface area (TPSA) is 64.6 Å². The van der Waals surface area contributed by atoms with Crippen LogP contribution in [0.15, 0.2) is 30.3 Å². The molecule has 1 amide bonds. The maximum atomic E-state index is 12.0. The van der Waals surface area contributed by atoms with Crippen LogP contribution >= 0.6 is 0 Å². The molecule has 0 aliphatic heterocycles. The predicted octanol–water partition coefficient (Wildman–Crippen LogP) is 2.89. The Bertz CT molecular complexity index is 493. The second-order valence-corrected chi connectivity index (χ2v) is 6.00. The summed E-state index contributed by atoms with van der Waals surface area (Å²) in [5, 5.41) is 2.64. The highest BCUT2D eigenvalue weighted by atomic mass is 16.6. The van der Waals surface area contributed by atoms with Crippen molar-refractivity contribution < 1.29 is 19.1 Å². The van der Waals surface area contributed by atoms with Crippen LogP contribution in [0.1, 0.15) is 33.3 Å². The van der Waals surface area contributed by atoms with Crippen LogP contribution in [-0.4, -0.2) is 24.8 Å². The van der Waals surface area contributed by atoms with Crippen LogP contribution in [0, 0.1) is 5.41 Å². The van der Waals surface area contributed by atoms with Crippen LogP contribution in [-0.2, 0) is 20.8 Å². The molecule has 116 valence electrons. The SMILES string of the molecule is COC(=O)[C@@](C)(OC(=O)NCc1ccccc1)C(C)(C)C. The lowest BCUT2D eigenvalue weighted by atomic mass is 9.77. The number of methoxy groups -OCH3 is 1. The number of carbonyl (C=O) groups is 2. The van der Waals surface area contributed by atoms with Crippen molar-refractivity contribution >= 4 is 12.1 Å². The Balaban J connectivity index is 2.72. The van der Waals surface area contributed by atoms with Crippen molar-refractivity contribution in [3.8, 4) is 0 Å². The molecule has 0 aromatic heterocycles. The molecule has 5 heteroatoms. The average molecular weight is 293 g/mol. The summed E-state index contributed by atoms with van der Waals surface area (Å²) >= 11 is 0. The second-order valence-electron chi connectivity index (χ2n) is 6.00. The van der Waals surface area contributed by atoms with Crippen LogP contribution in [0.4, 0.5) is 4.79 Å². The number of benzene rings is 1. The molecular weight excluding hydrogens is 270 g/mol. The minimum absolute atomic E-state index is 0.334. The molecule has 0 unspecified atom stereocenters. The average Bonchev–Trinajstić information content (AvgIpc) is 2.44. The number of carbonyl (C=O) groups excluding carboxylic acids is 2. The predicted molar refractivity (Wildman–Crippen MR) is 79.6 cm³/mol. The standard InChI is InChI=1S/C16H23NO4/c1-15(2,3)16(4,13(18)20-5)21-14(19)17-11-12-9-7-6-8-10-12/h6-10H,11H2,1-5H3,(H,17,19)/t16-/m1/s1.